The summed E-state index contributed by atoms with van der Waals surface area (Å²) < 4.78 is 20.2. The maximum absolute atomic E-state index is 12.5. The third kappa shape index (κ3) is 14.6. The SMILES string of the molecule is COC(=O)CCC1CCN(CCOc2ccc(NC(=O)Nc3ccc(Cl)cc3)cc2-c2ccnn2C)CC1.Cn1nccc1-c1cc(NC(=O)Nc2ccc(Cl)cc2)ccc1OCCCl. The van der Waals surface area contributed by atoms with Crippen LogP contribution in [0.25, 0.3) is 22.5 Å². The number of urea groups is 2. The Morgan fingerprint density at radius 3 is 1.52 bits per heavy atom. The van der Waals surface area contributed by atoms with Gasteiger partial charge in [0.2, 0.25) is 0 Å². The van der Waals surface area contributed by atoms with E-state index in [1.54, 1.807) is 82.4 Å². The number of aryl methyl sites for hydroxylation is 2. The van der Waals surface area contributed by atoms with Crippen molar-refractivity contribution in [3.8, 4) is 34.0 Å². The van der Waals surface area contributed by atoms with Gasteiger partial charge in [-0.25, -0.2) is 9.59 Å². The molecule has 6 aromatic rings. The molecule has 0 saturated carbocycles. The van der Waals surface area contributed by atoms with Crippen LogP contribution in [0.2, 0.25) is 10.0 Å². The van der Waals surface area contributed by atoms with E-state index in [4.69, 9.17) is 49.0 Å². The number of hydrogen-bond donors (Lipinski definition) is 4. The number of rotatable bonds is 16. The fourth-order valence-electron chi connectivity index (χ4n) is 7.15. The molecule has 0 atom stereocenters. The van der Waals surface area contributed by atoms with Gasteiger partial charge in [0.15, 0.2) is 0 Å². The summed E-state index contributed by atoms with van der Waals surface area (Å²) in [7, 11) is 5.15. The Balaban J connectivity index is 0.000000228. The summed E-state index contributed by atoms with van der Waals surface area (Å²) >= 11 is 17.5. The Morgan fingerprint density at radius 1 is 0.646 bits per heavy atom. The van der Waals surface area contributed by atoms with Crippen molar-refractivity contribution in [3.63, 3.8) is 0 Å². The number of amides is 4. The second-order valence-corrected chi connectivity index (χ2v) is 16.3. The predicted molar refractivity (Wildman–Crippen MR) is 258 cm³/mol. The lowest BCUT2D eigenvalue weighted by Gasteiger charge is -2.31. The van der Waals surface area contributed by atoms with Gasteiger partial charge in [0, 0.05) is 83.4 Å². The number of carbonyl (C=O) groups is 3. The third-order valence-corrected chi connectivity index (χ3v) is 11.2. The van der Waals surface area contributed by atoms with Crippen LogP contribution in [-0.2, 0) is 23.6 Å². The highest BCUT2D eigenvalue weighted by molar-refractivity contribution is 6.31. The summed E-state index contributed by atoms with van der Waals surface area (Å²) in [5.41, 5.74) is 5.94. The molecule has 1 aliphatic heterocycles. The number of carbonyl (C=O) groups excluding carboxylic acids is 3. The highest BCUT2D eigenvalue weighted by Gasteiger charge is 2.21. The number of hydrogen-bond acceptors (Lipinski definition) is 9. The topological polar surface area (TPSA) is 166 Å². The number of ether oxygens (including phenoxy) is 3. The number of nitrogens with one attached hydrogen (secondary N) is 4. The third-order valence-electron chi connectivity index (χ3n) is 10.6. The largest absolute Gasteiger partial charge is 0.492 e. The number of esters is 1. The van der Waals surface area contributed by atoms with E-state index < -0.39 is 0 Å². The van der Waals surface area contributed by atoms with Gasteiger partial charge < -0.3 is 35.5 Å². The van der Waals surface area contributed by atoms with Crippen LogP contribution >= 0.6 is 34.8 Å². The fourth-order valence-corrected chi connectivity index (χ4v) is 7.48. The molecule has 0 radical (unpaired) electrons. The summed E-state index contributed by atoms with van der Waals surface area (Å²) in [5.74, 6) is 2.22. The average molecular weight is 945 g/mol. The van der Waals surface area contributed by atoms with Gasteiger partial charge in [-0.1, -0.05) is 23.2 Å². The van der Waals surface area contributed by atoms with Crippen LogP contribution in [-0.4, -0.2) is 88.3 Å². The zero-order valence-corrected chi connectivity index (χ0v) is 38.6. The lowest BCUT2D eigenvalue weighted by Crippen LogP contribution is -2.36. The highest BCUT2D eigenvalue weighted by atomic mass is 35.5. The van der Waals surface area contributed by atoms with Crippen LogP contribution in [0.15, 0.2) is 109 Å². The molecule has 1 saturated heterocycles. The van der Waals surface area contributed by atoms with Crippen molar-refractivity contribution in [1.29, 1.82) is 0 Å². The first-order valence-electron chi connectivity index (χ1n) is 21.0. The first kappa shape index (κ1) is 48.2. The molecule has 0 unspecified atom stereocenters. The molecule has 1 fully saturated rings. The molecule has 4 aromatic carbocycles. The maximum Gasteiger partial charge on any atom is 0.323 e. The molecule has 0 aliphatic carbocycles. The van der Waals surface area contributed by atoms with Crippen LogP contribution in [0.1, 0.15) is 25.7 Å². The molecule has 0 bridgehead atoms. The standard InChI is InChI=1S/C28H34ClN5O4.C19H18Cl2N4O2/c1-33-25(11-14-30-33)24-19-23(32-28(36)31-22-6-4-21(29)5-7-22)8-9-26(24)38-18-17-34-15-12-20(13-16-34)3-10-27(35)37-2;1-25-17(8-10-22-25)16-12-15(6-7-18(16)27-11-9-20)24-19(26)23-14-4-2-13(21)3-5-14/h4-9,11,14,19-20H,3,10,12-13,15-18H2,1-2H3,(H2,31,32,36);2-8,10,12H,9,11H2,1H3,(H2,23,24,26). The lowest BCUT2D eigenvalue weighted by molar-refractivity contribution is -0.141. The molecule has 4 N–H and O–H groups in total. The first-order valence-corrected chi connectivity index (χ1v) is 22.3. The van der Waals surface area contributed by atoms with Crippen molar-refractivity contribution in [2.75, 3.05) is 67.1 Å². The smallest absolute Gasteiger partial charge is 0.323 e. The number of piperidine rings is 1. The van der Waals surface area contributed by atoms with Crippen molar-refractivity contribution in [1.82, 2.24) is 24.5 Å². The minimum atomic E-state index is -0.359. The molecule has 7 rings (SSSR count). The van der Waals surface area contributed by atoms with Gasteiger partial charge in [0.1, 0.15) is 24.7 Å². The van der Waals surface area contributed by atoms with Gasteiger partial charge in [-0.15, -0.1) is 11.6 Å². The van der Waals surface area contributed by atoms with E-state index in [1.165, 1.54) is 7.11 Å². The molecule has 2 aromatic heterocycles. The van der Waals surface area contributed by atoms with E-state index in [9.17, 15) is 14.4 Å². The first-order chi connectivity index (χ1) is 31.5. The van der Waals surface area contributed by atoms with Crippen molar-refractivity contribution in [2.45, 2.75) is 25.7 Å². The number of anilines is 4. The molecule has 342 valence electrons. The van der Waals surface area contributed by atoms with Crippen molar-refractivity contribution < 1.29 is 28.6 Å². The number of alkyl halides is 1. The van der Waals surface area contributed by atoms with Crippen LogP contribution < -0.4 is 30.7 Å². The molecule has 15 nitrogen and oxygen atoms in total. The second kappa shape index (κ2) is 24.1. The van der Waals surface area contributed by atoms with E-state index in [0.29, 0.717) is 70.0 Å². The predicted octanol–water partition coefficient (Wildman–Crippen LogP) is 10.4. The number of halogens is 3. The van der Waals surface area contributed by atoms with Crippen molar-refractivity contribution >= 4 is 75.6 Å². The summed E-state index contributed by atoms with van der Waals surface area (Å²) in [5, 5.41) is 21.0. The molecule has 18 heteroatoms. The second-order valence-electron chi connectivity index (χ2n) is 15.1. The lowest BCUT2D eigenvalue weighted by atomic mass is 9.92. The van der Waals surface area contributed by atoms with Gasteiger partial charge in [-0.2, -0.15) is 10.2 Å². The molecule has 4 amide bonds. The summed E-state index contributed by atoms with van der Waals surface area (Å²) in [6, 6.07) is 27.9. The Bertz CT molecular complexity index is 2490. The number of nitrogens with zero attached hydrogens (tertiary/aromatic N) is 5. The Kier molecular flexibility index (Phi) is 17.9. The number of benzene rings is 4. The highest BCUT2D eigenvalue weighted by Crippen LogP contribution is 2.34. The molecular weight excluding hydrogens is 893 g/mol. The van der Waals surface area contributed by atoms with Crippen LogP contribution in [0.5, 0.6) is 11.5 Å². The number of methoxy groups -OCH3 is 1. The summed E-state index contributed by atoms with van der Waals surface area (Å²) in [4.78, 5) is 38.6. The van der Waals surface area contributed by atoms with E-state index in [2.05, 4.69) is 36.4 Å². The van der Waals surface area contributed by atoms with Crippen LogP contribution in [0.4, 0.5) is 32.3 Å². The quantitative estimate of drug-likeness (QED) is 0.0546. The van der Waals surface area contributed by atoms with Crippen molar-refractivity contribution in [2.24, 2.45) is 20.0 Å². The zero-order valence-electron chi connectivity index (χ0n) is 36.4. The van der Waals surface area contributed by atoms with E-state index in [0.717, 1.165) is 67.2 Å². The Hall–Kier alpha value is -6.26. The van der Waals surface area contributed by atoms with Crippen LogP contribution in [0.3, 0.4) is 0 Å². The van der Waals surface area contributed by atoms with Gasteiger partial charge in [-0.05, 0) is 135 Å². The van der Waals surface area contributed by atoms with Crippen molar-refractivity contribution in [3.05, 3.63) is 120 Å². The minimum absolute atomic E-state index is 0.131. The number of aromatic nitrogens is 4. The van der Waals surface area contributed by atoms with Gasteiger partial charge >= 0.3 is 18.0 Å². The molecule has 0 spiro atoms. The number of likely N-dealkylation sites (tertiary alicyclic amines) is 1. The molecule has 1 aliphatic rings. The fraction of sp³-hybridized carbons (Fsp3) is 0.298. The molecular formula is C47H52Cl3N9O6. The van der Waals surface area contributed by atoms with E-state index >= 15 is 0 Å². The van der Waals surface area contributed by atoms with Gasteiger partial charge in [0.05, 0.1) is 24.4 Å². The maximum atomic E-state index is 12.5. The normalized spacial score (nSPS) is 12.6. The summed E-state index contributed by atoms with van der Waals surface area (Å²) in [6.45, 7) is 3.74. The monoisotopic (exact) mass is 943 g/mol. The van der Waals surface area contributed by atoms with Crippen LogP contribution in [0, 0.1) is 5.92 Å². The van der Waals surface area contributed by atoms with Gasteiger partial charge in [-0.3, -0.25) is 19.1 Å². The Labute approximate surface area is 393 Å². The van der Waals surface area contributed by atoms with E-state index in [1.807, 2.05) is 50.5 Å². The zero-order chi connectivity index (χ0) is 46.1. The summed E-state index contributed by atoms with van der Waals surface area (Å²) in [6.07, 6.45) is 6.98. The van der Waals surface area contributed by atoms with E-state index in [-0.39, 0.29) is 18.0 Å². The molecule has 3 heterocycles. The Morgan fingerprint density at radius 2 is 1.09 bits per heavy atom. The molecule has 65 heavy (non-hydrogen) atoms. The average Bonchev–Trinajstić information content (AvgIpc) is 3.94. The van der Waals surface area contributed by atoms with Gasteiger partial charge in [0.25, 0.3) is 0 Å². The minimum Gasteiger partial charge on any atom is -0.492 e.